The first-order valence-electron chi connectivity index (χ1n) is 8.75. The van der Waals surface area contributed by atoms with Gasteiger partial charge in [0.1, 0.15) is 5.52 Å². The smallest absolute Gasteiger partial charge is 0.223 e. The summed E-state index contributed by atoms with van der Waals surface area (Å²) in [6.45, 7) is 0.417. The molecular formula is C19H19N3O3. The van der Waals surface area contributed by atoms with Crippen LogP contribution in [0.1, 0.15) is 43.9 Å². The minimum absolute atomic E-state index is 0.0273. The molecular weight excluding hydrogens is 318 g/mol. The molecule has 128 valence electrons. The van der Waals surface area contributed by atoms with Crippen molar-refractivity contribution < 1.29 is 14.0 Å². The summed E-state index contributed by atoms with van der Waals surface area (Å²) in [6.07, 6.45) is 4.49. The number of benzene rings is 1. The van der Waals surface area contributed by atoms with Gasteiger partial charge in [-0.3, -0.25) is 9.59 Å². The number of para-hydroxylation sites is 2. The normalized spacial score (nSPS) is 22.4. The molecule has 1 saturated heterocycles. The lowest BCUT2D eigenvalue weighted by Crippen LogP contribution is -2.35. The highest BCUT2D eigenvalue weighted by atomic mass is 16.3. The molecule has 2 atom stereocenters. The molecule has 2 aromatic rings. The molecule has 6 heteroatoms. The number of aromatic nitrogens is 1. The van der Waals surface area contributed by atoms with Crippen LogP contribution >= 0.6 is 0 Å². The van der Waals surface area contributed by atoms with Crippen LogP contribution < -0.4 is 0 Å². The van der Waals surface area contributed by atoms with E-state index in [9.17, 15) is 14.9 Å². The molecule has 0 bridgehead atoms. The van der Waals surface area contributed by atoms with E-state index in [1.165, 1.54) is 0 Å². The molecule has 4 rings (SSSR count). The fourth-order valence-electron chi connectivity index (χ4n) is 3.98. The number of nitriles is 1. The van der Waals surface area contributed by atoms with E-state index >= 15 is 0 Å². The molecule has 2 aliphatic rings. The van der Waals surface area contributed by atoms with Gasteiger partial charge >= 0.3 is 0 Å². The maximum Gasteiger partial charge on any atom is 0.223 e. The van der Waals surface area contributed by atoms with Crippen molar-refractivity contribution in [1.82, 2.24) is 9.88 Å². The van der Waals surface area contributed by atoms with Gasteiger partial charge in [0.25, 0.3) is 0 Å². The first-order valence-corrected chi connectivity index (χ1v) is 8.75. The van der Waals surface area contributed by atoms with Crippen LogP contribution in [-0.4, -0.2) is 34.2 Å². The zero-order valence-electron chi connectivity index (χ0n) is 13.9. The molecule has 1 aromatic carbocycles. The lowest BCUT2D eigenvalue weighted by atomic mass is 9.92. The Morgan fingerprint density at radius 3 is 2.80 bits per heavy atom. The van der Waals surface area contributed by atoms with Gasteiger partial charge in [0.05, 0.1) is 6.07 Å². The molecule has 0 N–H and O–H groups in total. The highest BCUT2D eigenvalue weighted by Gasteiger charge is 2.42. The third-order valence-electron chi connectivity index (χ3n) is 5.30. The van der Waals surface area contributed by atoms with Gasteiger partial charge in [-0.25, -0.2) is 4.98 Å². The number of hydrogen-bond acceptors (Lipinski definition) is 5. The number of ketones is 1. The lowest BCUT2D eigenvalue weighted by molar-refractivity contribution is -0.130. The van der Waals surface area contributed by atoms with E-state index in [1.54, 1.807) is 12.1 Å². The summed E-state index contributed by atoms with van der Waals surface area (Å²) >= 11 is 0. The monoisotopic (exact) mass is 337 g/mol. The molecule has 1 aliphatic heterocycles. The van der Waals surface area contributed by atoms with Gasteiger partial charge < -0.3 is 9.32 Å². The average molecular weight is 337 g/mol. The van der Waals surface area contributed by atoms with Crippen LogP contribution in [0.2, 0.25) is 0 Å². The van der Waals surface area contributed by atoms with Gasteiger partial charge in [-0.2, -0.15) is 5.26 Å². The van der Waals surface area contributed by atoms with Crippen LogP contribution in [0.15, 0.2) is 28.7 Å². The number of hydrogen-bond donors (Lipinski definition) is 0. The second-order valence-electron chi connectivity index (χ2n) is 6.87. The van der Waals surface area contributed by atoms with Crippen LogP contribution in [0.5, 0.6) is 0 Å². The van der Waals surface area contributed by atoms with Crippen LogP contribution in [0.25, 0.3) is 11.1 Å². The summed E-state index contributed by atoms with van der Waals surface area (Å²) in [5, 5.41) is 9.51. The van der Waals surface area contributed by atoms with E-state index in [2.05, 4.69) is 4.98 Å². The van der Waals surface area contributed by atoms with Crippen LogP contribution in [0, 0.1) is 17.2 Å². The Kier molecular flexibility index (Phi) is 4.00. The van der Waals surface area contributed by atoms with Crippen molar-refractivity contribution in [2.45, 2.75) is 44.1 Å². The molecule has 0 radical (unpaired) electrons. The summed E-state index contributed by atoms with van der Waals surface area (Å²) in [4.78, 5) is 31.3. The second kappa shape index (κ2) is 6.32. The number of amides is 1. The van der Waals surface area contributed by atoms with E-state index in [-0.39, 0.29) is 30.0 Å². The van der Waals surface area contributed by atoms with Crippen molar-refractivity contribution in [1.29, 1.82) is 5.26 Å². The van der Waals surface area contributed by atoms with Crippen molar-refractivity contribution in [3.63, 3.8) is 0 Å². The molecule has 1 aliphatic carbocycles. The van der Waals surface area contributed by atoms with Crippen LogP contribution in [-0.2, 0) is 9.59 Å². The van der Waals surface area contributed by atoms with Gasteiger partial charge in [-0.15, -0.1) is 0 Å². The van der Waals surface area contributed by atoms with Gasteiger partial charge in [0.15, 0.2) is 17.3 Å². The molecule has 2 fully saturated rings. The molecule has 1 saturated carbocycles. The highest BCUT2D eigenvalue weighted by molar-refractivity contribution is 5.95. The molecule has 0 spiro atoms. The molecule has 25 heavy (non-hydrogen) atoms. The maximum atomic E-state index is 12.9. The summed E-state index contributed by atoms with van der Waals surface area (Å²) < 4.78 is 5.60. The molecule has 2 heterocycles. The van der Waals surface area contributed by atoms with E-state index < -0.39 is 11.8 Å². The van der Waals surface area contributed by atoms with Gasteiger partial charge in [0, 0.05) is 24.9 Å². The summed E-state index contributed by atoms with van der Waals surface area (Å²) in [6, 6.07) is 9.46. The zero-order valence-corrected chi connectivity index (χ0v) is 13.9. The van der Waals surface area contributed by atoms with Crippen molar-refractivity contribution in [2.75, 3.05) is 6.54 Å². The van der Waals surface area contributed by atoms with Gasteiger partial charge in [-0.1, -0.05) is 25.0 Å². The SMILES string of the molecule is N#C[C@@H](C(=O)[C@@H]1CC(=O)N(C2CCCC2)C1)c1nc2ccccc2o1. The molecule has 0 unspecified atom stereocenters. The highest BCUT2D eigenvalue weighted by Crippen LogP contribution is 2.32. The Balaban J connectivity index is 1.54. The predicted octanol–water partition coefficient (Wildman–Crippen LogP) is 2.80. The standard InChI is InChI=1S/C19H19N3O3/c20-10-14(19-21-15-7-3-4-8-16(15)25-19)18(24)12-9-17(23)22(11-12)13-5-1-2-6-13/h3-4,7-8,12-14H,1-2,5-6,9,11H2/t12-,14+/m1/s1. The van der Waals surface area contributed by atoms with Crippen molar-refractivity contribution in [3.05, 3.63) is 30.2 Å². The minimum Gasteiger partial charge on any atom is -0.439 e. The topological polar surface area (TPSA) is 87.2 Å². The quantitative estimate of drug-likeness (QED) is 0.856. The number of likely N-dealkylation sites (tertiary alicyclic amines) is 1. The van der Waals surface area contributed by atoms with Crippen LogP contribution in [0.3, 0.4) is 0 Å². The van der Waals surface area contributed by atoms with E-state index in [0.717, 1.165) is 25.7 Å². The van der Waals surface area contributed by atoms with E-state index in [1.807, 2.05) is 23.1 Å². The fourth-order valence-corrected chi connectivity index (χ4v) is 3.98. The van der Waals surface area contributed by atoms with Crippen molar-refractivity contribution >= 4 is 22.8 Å². The average Bonchev–Trinajstić information content (AvgIpc) is 3.33. The molecule has 6 nitrogen and oxygen atoms in total. The maximum absolute atomic E-state index is 12.9. The minimum atomic E-state index is -1.06. The fraction of sp³-hybridized carbons (Fsp3) is 0.474. The number of carbonyl (C=O) groups is 2. The Bertz CT molecular complexity index is 827. The predicted molar refractivity (Wildman–Crippen MR) is 89.4 cm³/mol. The number of nitrogens with zero attached hydrogens (tertiary/aromatic N) is 3. The first-order chi connectivity index (χ1) is 12.2. The van der Waals surface area contributed by atoms with E-state index in [0.29, 0.717) is 17.6 Å². The number of Topliss-reactive ketones (excluding diaryl/α,β-unsaturated/α-hetero) is 1. The van der Waals surface area contributed by atoms with Gasteiger partial charge in [-0.05, 0) is 25.0 Å². The summed E-state index contributed by atoms with van der Waals surface area (Å²) in [7, 11) is 0. The number of carbonyl (C=O) groups excluding carboxylic acids is 2. The zero-order chi connectivity index (χ0) is 17.4. The summed E-state index contributed by atoms with van der Waals surface area (Å²) in [5.74, 6) is -1.62. The third-order valence-corrected chi connectivity index (χ3v) is 5.30. The molecule has 1 amide bonds. The van der Waals surface area contributed by atoms with E-state index in [4.69, 9.17) is 4.42 Å². The number of oxazole rings is 1. The lowest BCUT2D eigenvalue weighted by Gasteiger charge is -2.24. The largest absolute Gasteiger partial charge is 0.439 e. The third kappa shape index (κ3) is 2.80. The Labute approximate surface area is 145 Å². The van der Waals surface area contributed by atoms with Crippen LogP contribution in [0.4, 0.5) is 0 Å². The Morgan fingerprint density at radius 1 is 1.32 bits per heavy atom. The van der Waals surface area contributed by atoms with Crippen molar-refractivity contribution in [3.8, 4) is 6.07 Å². The Hall–Kier alpha value is -2.68. The Morgan fingerprint density at radius 2 is 2.08 bits per heavy atom. The first kappa shape index (κ1) is 15.8. The molecule has 1 aromatic heterocycles. The number of rotatable bonds is 4. The summed E-state index contributed by atoms with van der Waals surface area (Å²) in [5.41, 5.74) is 1.18. The second-order valence-corrected chi connectivity index (χ2v) is 6.87. The van der Waals surface area contributed by atoms with Gasteiger partial charge in [0.2, 0.25) is 11.8 Å². The van der Waals surface area contributed by atoms with Crippen molar-refractivity contribution in [2.24, 2.45) is 5.92 Å². The number of fused-ring (bicyclic) bond motifs is 1.